The van der Waals surface area contributed by atoms with Crippen LogP contribution >= 0.6 is 0 Å². The molecule has 2 unspecified atom stereocenters. The first-order valence-corrected chi connectivity index (χ1v) is 41.6. The highest BCUT2D eigenvalue weighted by Gasteiger charge is 2.20. The van der Waals surface area contributed by atoms with Gasteiger partial charge >= 0.3 is 5.97 Å². The van der Waals surface area contributed by atoms with Gasteiger partial charge in [0.2, 0.25) is 5.91 Å². The second-order valence-electron chi connectivity index (χ2n) is 28.8. The number of ether oxygens (including phenoxy) is 1. The third-order valence-corrected chi connectivity index (χ3v) is 19.8. The maximum atomic E-state index is 12.6. The van der Waals surface area contributed by atoms with Crippen molar-refractivity contribution < 1.29 is 24.5 Å². The molecule has 0 aromatic carbocycles. The van der Waals surface area contributed by atoms with Gasteiger partial charge in [-0.25, -0.2) is 0 Å². The fourth-order valence-corrected chi connectivity index (χ4v) is 13.4. The van der Waals surface area contributed by atoms with Crippen LogP contribution in [0.2, 0.25) is 0 Å². The standard InChI is InChI=1S/C84H163NO5/c1-3-5-7-9-11-13-15-17-19-21-44-48-52-56-60-64-68-72-76-82(87)81(80-86)85-83(88)77-73-69-65-61-57-53-49-45-42-40-38-36-34-32-30-28-26-24-23-25-27-29-31-33-35-37-39-41-43-47-51-55-59-63-67-71-75-79-90-84(89)78-74-70-66-62-58-54-50-46-22-20-18-16-14-12-10-8-6-4-2/h14,16,20,22,81-82,86-87H,3-13,15,17-19,21,23-80H2,1-2H3,(H,85,88)/b16-14-,22-20-. The fraction of sp³-hybridized carbons (Fsp3) is 0.929. The Bertz CT molecular complexity index is 1410. The van der Waals surface area contributed by atoms with Gasteiger partial charge in [-0.15, -0.1) is 0 Å². The van der Waals surface area contributed by atoms with E-state index in [1.165, 1.54) is 392 Å². The van der Waals surface area contributed by atoms with Crippen LogP contribution in [0.1, 0.15) is 476 Å². The summed E-state index contributed by atoms with van der Waals surface area (Å²) in [6.45, 7) is 4.99. The highest BCUT2D eigenvalue weighted by molar-refractivity contribution is 5.76. The normalized spacial score (nSPS) is 12.5. The zero-order valence-corrected chi connectivity index (χ0v) is 61.4. The first kappa shape index (κ1) is 88.3. The molecule has 3 N–H and O–H groups in total. The molecule has 6 heteroatoms. The van der Waals surface area contributed by atoms with Crippen LogP contribution in [0.5, 0.6) is 0 Å². The number of amides is 1. The van der Waals surface area contributed by atoms with E-state index >= 15 is 0 Å². The van der Waals surface area contributed by atoms with Crippen LogP contribution in [-0.2, 0) is 14.3 Å². The third-order valence-electron chi connectivity index (χ3n) is 19.8. The van der Waals surface area contributed by atoms with Gasteiger partial charge in [-0.05, 0) is 57.8 Å². The van der Waals surface area contributed by atoms with E-state index in [1.807, 2.05) is 0 Å². The summed E-state index contributed by atoms with van der Waals surface area (Å²) in [5.41, 5.74) is 0. The lowest BCUT2D eigenvalue weighted by Gasteiger charge is -2.22. The van der Waals surface area contributed by atoms with Gasteiger partial charge in [0.15, 0.2) is 0 Å². The molecule has 0 spiro atoms. The molecule has 0 aromatic rings. The number of carbonyl (C=O) groups is 2. The SMILES string of the molecule is CCCCCC/C=C\C/C=C\CCCCCCCCCC(=O)OCCCCCCCCCCCCCCCCCCCCCCCCCCCCCCCCCCCCCCCC(=O)NC(CO)C(O)CCCCCCCCCCCCCCCCCCCC. The molecule has 0 aliphatic rings. The Morgan fingerprint density at radius 2 is 0.556 bits per heavy atom. The molecular formula is C84H163NO5. The average Bonchev–Trinajstić information content (AvgIpc) is 3.69. The third kappa shape index (κ3) is 75.4. The van der Waals surface area contributed by atoms with E-state index in [9.17, 15) is 19.8 Å². The summed E-state index contributed by atoms with van der Waals surface area (Å²) in [5.74, 6) is -0.00730. The maximum absolute atomic E-state index is 12.6. The molecule has 0 heterocycles. The number of nitrogens with one attached hydrogen (secondary N) is 1. The molecule has 0 saturated carbocycles. The Balaban J connectivity index is 3.29. The Morgan fingerprint density at radius 1 is 0.311 bits per heavy atom. The van der Waals surface area contributed by atoms with Crippen molar-refractivity contribution in [1.29, 1.82) is 0 Å². The number of aliphatic hydroxyl groups excluding tert-OH is 2. The summed E-state index contributed by atoms with van der Waals surface area (Å²) in [5, 5.41) is 23.4. The Kier molecular flexibility index (Phi) is 78.3. The molecule has 0 aromatic heterocycles. The van der Waals surface area contributed by atoms with E-state index < -0.39 is 12.1 Å². The van der Waals surface area contributed by atoms with Crippen molar-refractivity contribution in [1.82, 2.24) is 5.32 Å². The van der Waals surface area contributed by atoms with Crippen molar-refractivity contribution >= 4 is 11.9 Å². The number of unbranched alkanes of at least 4 members (excludes halogenated alkanes) is 64. The minimum atomic E-state index is -0.660. The van der Waals surface area contributed by atoms with Gasteiger partial charge in [-0.2, -0.15) is 0 Å². The molecule has 0 bridgehead atoms. The lowest BCUT2D eigenvalue weighted by Crippen LogP contribution is -2.45. The molecule has 534 valence electrons. The molecule has 0 rings (SSSR count). The number of esters is 1. The molecular weight excluding hydrogens is 1100 g/mol. The molecule has 6 nitrogen and oxygen atoms in total. The molecule has 0 fully saturated rings. The van der Waals surface area contributed by atoms with E-state index in [1.54, 1.807) is 0 Å². The molecule has 0 aliphatic carbocycles. The Hall–Kier alpha value is -1.66. The lowest BCUT2D eigenvalue weighted by atomic mass is 10.0. The van der Waals surface area contributed by atoms with Gasteiger partial charge in [0.1, 0.15) is 0 Å². The van der Waals surface area contributed by atoms with Crippen molar-refractivity contribution in [3.63, 3.8) is 0 Å². The smallest absolute Gasteiger partial charge is 0.305 e. The van der Waals surface area contributed by atoms with Crippen molar-refractivity contribution in [3.8, 4) is 0 Å². The van der Waals surface area contributed by atoms with Gasteiger partial charge in [0.25, 0.3) is 0 Å². The highest BCUT2D eigenvalue weighted by atomic mass is 16.5. The predicted molar refractivity (Wildman–Crippen MR) is 398 cm³/mol. The summed E-state index contributed by atoms with van der Waals surface area (Å²) in [6.07, 6.45) is 103. The van der Waals surface area contributed by atoms with Crippen LogP contribution in [0.15, 0.2) is 24.3 Å². The molecule has 90 heavy (non-hydrogen) atoms. The van der Waals surface area contributed by atoms with Gasteiger partial charge in [-0.1, -0.05) is 430 Å². The number of allylic oxidation sites excluding steroid dienone is 4. The number of hydrogen-bond acceptors (Lipinski definition) is 5. The Labute approximate surface area is 564 Å². The summed E-state index contributed by atoms with van der Waals surface area (Å²) in [7, 11) is 0. The lowest BCUT2D eigenvalue weighted by molar-refractivity contribution is -0.143. The van der Waals surface area contributed by atoms with Gasteiger partial charge in [0.05, 0.1) is 25.4 Å². The van der Waals surface area contributed by atoms with Crippen LogP contribution in [-0.4, -0.2) is 47.4 Å². The minimum absolute atomic E-state index is 0.0170. The quantitative estimate of drug-likeness (QED) is 0.0320. The van der Waals surface area contributed by atoms with Gasteiger partial charge in [0, 0.05) is 12.8 Å². The van der Waals surface area contributed by atoms with E-state index in [2.05, 4.69) is 43.5 Å². The van der Waals surface area contributed by atoms with Gasteiger partial charge in [-0.3, -0.25) is 9.59 Å². The topological polar surface area (TPSA) is 95.9 Å². The van der Waals surface area contributed by atoms with Crippen molar-refractivity contribution in [2.24, 2.45) is 0 Å². The van der Waals surface area contributed by atoms with Crippen LogP contribution in [0.3, 0.4) is 0 Å². The summed E-state index contributed by atoms with van der Waals surface area (Å²) >= 11 is 0. The summed E-state index contributed by atoms with van der Waals surface area (Å²) in [4.78, 5) is 24.7. The fourth-order valence-electron chi connectivity index (χ4n) is 13.4. The summed E-state index contributed by atoms with van der Waals surface area (Å²) in [6, 6.07) is -0.537. The van der Waals surface area contributed by atoms with Crippen LogP contribution in [0, 0.1) is 0 Å². The monoisotopic (exact) mass is 1270 g/mol. The van der Waals surface area contributed by atoms with Crippen LogP contribution in [0.4, 0.5) is 0 Å². The second-order valence-corrected chi connectivity index (χ2v) is 28.8. The van der Waals surface area contributed by atoms with Crippen molar-refractivity contribution in [2.75, 3.05) is 13.2 Å². The van der Waals surface area contributed by atoms with Crippen molar-refractivity contribution in [2.45, 2.75) is 488 Å². The molecule has 0 radical (unpaired) electrons. The van der Waals surface area contributed by atoms with Gasteiger partial charge < -0.3 is 20.3 Å². The van der Waals surface area contributed by atoms with Crippen molar-refractivity contribution in [3.05, 3.63) is 24.3 Å². The molecule has 0 saturated heterocycles. The van der Waals surface area contributed by atoms with Crippen LogP contribution in [0.25, 0.3) is 0 Å². The van der Waals surface area contributed by atoms with E-state index in [0.29, 0.717) is 25.9 Å². The number of carbonyl (C=O) groups excluding carboxylic acids is 2. The molecule has 1 amide bonds. The molecule has 0 aliphatic heterocycles. The minimum Gasteiger partial charge on any atom is -0.466 e. The second kappa shape index (κ2) is 79.8. The zero-order valence-electron chi connectivity index (χ0n) is 61.4. The van der Waals surface area contributed by atoms with E-state index in [4.69, 9.17) is 4.74 Å². The summed E-state index contributed by atoms with van der Waals surface area (Å²) < 4.78 is 5.51. The first-order valence-electron chi connectivity index (χ1n) is 41.6. The number of aliphatic hydroxyl groups is 2. The molecule has 2 atom stereocenters. The Morgan fingerprint density at radius 3 is 0.856 bits per heavy atom. The van der Waals surface area contributed by atoms with E-state index in [0.717, 1.165) is 51.4 Å². The maximum Gasteiger partial charge on any atom is 0.305 e. The highest BCUT2D eigenvalue weighted by Crippen LogP contribution is 2.21. The first-order chi connectivity index (χ1) is 44.5. The number of rotatable bonds is 79. The van der Waals surface area contributed by atoms with Crippen LogP contribution < -0.4 is 5.32 Å². The van der Waals surface area contributed by atoms with E-state index in [-0.39, 0.29) is 18.5 Å². The average molecular weight is 1270 g/mol. The number of hydrogen-bond donors (Lipinski definition) is 3. The predicted octanol–water partition coefficient (Wildman–Crippen LogP) is 27.6. The zero-order chi connectivity index (χ0) is 64.9. The largest absolute Gasteiger partial charge is 0.466 e.